The van der Waals surface area contributed by atoms with Crippen LogP contribution in [0.2, 0.25) is 10.0 Å². The third-order valence-electron chi connectivity index (χ3n) is 5.38. The van der Waals surface area contributed by atoms with Gasteiger partial charge in [-0.25, -0.2) is 4.79 Å². The Labute approximate surface area is 254 Å². The summed E-state index contributed by atoms with van der Waals surface area (Å²) in [4.78, 5) is 15.5. The van der Waals surface area contributed by atoms with Crippen LogP contribution in [0, 0.1) is 10.5 Å². The summed E-state index contributed by atoms with van der Waals surface area (Å²) in [6, 6.07) is 15.3. The first kappa shape index (κ1) is 31.8. The van der Waals surface area contributed by atoms with Crippen LogP contribution in [-0.2, 0) is 10.9 Å². The maximum atomic E-state index is 13.0. The lowest BCUT2D eigenvalue weighted by Gasteiger charge is -2.20. The van der Waals surface area contributed by atoms with E-state index in [9.17, 15) is 18.0 Å². The summed E-state index contributed by atoms with van der Waals surface area (Å²) in [6.45, 7) is 6.78. The van der Waals surface area contributed by atoms with E-state index in [2.05, 4.69) is 23.2 Å². The highest BCUT2D eigenvalue weighted by Gasteiger charge is 2.32. The molecule has 212 valence electrons. The second-order valence-electron chi connectivity index (χ2n) is 9.71. The number of alkyl halides is 3. The van der Waals surface area contributed by atoms with Gasteiger partial charge in [0.25, 0.3) is 0 Å². The normalized spacial score (nSPS) is 11.8. The maximum Gasteiger partial charge on any atom is 0.416 e. The number of H-pyrrole nitrogens is 1. The van der Waals surface area contributed by atoms with E-state index < -0.39 is 23.3 Å². The van der Waals surface area contributed by atoms with Crippen molar-refractivity contribution in [2.45, 2.75) is 39.5 Å². The monoisotopic (exact) mass is 703 g/mol. The topological polar surface area (TPSA) is 51.3 Å². The Bertz CT molecular complexity index is 1500. The van der Waals surface area contributed by atoms with E-state index in [1.54, 1.807) is 39.8 Å². The molecule has 10 heteroatoms. The predicted molar refractivity (Wildman–Crippen MR) is 163 cm³/mol. The first-order chi connectivity index (χ1) is 18.7. The molecule has 1 heterocycles. The zero-order valence-corrected chi connectivity index (χ0v) is 25.8. The number of nitrogens with one attached hydrogen (secondary N) is 1. The Morgan fingerprint density at radius 3 is 2.40 bits per heavy atom. The summed E-state index contributed by atoms with van der Waals surface area (Å²) in [7, 11) is 0. The molecular weight excluding hydrogens is 677 g/mol. The first-order valence-corrected chi connectivity index (χ1v) is 13.9. The van der Waals surface area contributed by atoms with E-state index in [-0.39, 0.29) is 22.9 Å². The number of esters is 1. The lowest BCUT2D eigenvalue weighted by molar-refractivity contribution is -0.137. The largest absolute Gasteiger partial charge is 0.488 e. The molecule has 1 aromatic heterocycles. The number of benzene rings is 3. The Morgan fingerprint density at radius 1 is 1.05 bits per heavy atom. The Hall–Kier alpha value is -2.69. The fraction of sp³-hybridized carbons (Fsp3) is 0.233. The van der Waals surface area contributed by atoms with Gasteiger partial charge in [0.15, 0.2) is 0 Å². The van der Waals surface area contributed by atoms with Gasteiger partial charge in [0, 0.05) is 22.3 Å². The highest BCUT2D eigenvalue weighted by atomic mass is 127. The van der Waals surface area contributed by atoms with Crippen molar-refractivity contribution < 1.29 is 27.4 Å². The van der Waals surface area contributed by atoms with E-state index in [0.717, 1.165) is 12.1 Å². The summed E-state index contributed by atoms with van der Waals surface area (Å²) in [6.07, 6.45) is 0.584. The van der Waals surface area contributed by atoms with Crippen LogP contribution in [-0.4, -0.2) is 23.2 Å². The van der Waals surface area contributed by atoms with Gasteiger partial charge in [-0.2, -0.15) is 13.2 Å². The molecule has 1 N–H and O–H groups in total. The van der Waals surface area contributed by atoms with Crippen molar-refractivity contribution in [2.75, 3.05) is 6.61 Å². The van der Waals surface area contributed by atoms with Gasteiger partial charge in [-0.15, -0.1) is 0 Å². The number of fused-ring (bicyclic) bond motifs is 1. The molecule has 40 heavy (non-hydrogen) atoms. The zero-order valence-electron chi connectivity index (χ0n) is 22.1. The number of halogens is 6. The standard InChI is InChI=1S/C22H20Cl2F3IO3.C8H7N/c1-12-10-13(22(25,26)27)11-17(19(12)28)30-9-5-6-14-16(23)8-7-15(18(14)24)20(29)31-21(2,3)4;1-2-4-8-7(3-1)5-6-9-8/h5-8,10-11H,9H2,1-4H3;1-6,9H. The van der Waals surface area contributed by atoms with Crippen LogP contribution in [0.3, 0.4) is 0 Å². The number of hydrogen-bond donors (Lipinski definition) is 1. The number of para-hydroxylation sites is 1. The smallest absolute Gasteiger partial charge is 0.416 e. The highest BCUT2D eigenvalue weighted by molar-refractivity contribution is 14.1. The average molecular weight is 704 g/mol. The molecule has 0 radical (unpaired) electrons. The van der Waals surface area contributed by atoms with Crippen molar-refractivity contribution >= 4 is 68.7 Å². The van der Waals surface area contributed by atoms with Gasteiger partial charge in [0.05, 0.1) is 19.7 Å². The molecule has 0 fully saturated rings. The number of aromatic nitrogens is 1. The molecule has 0 saturated heterocycles. The summed E-state index contributed by atoms with van der Waals surface area (Å²) >= 11 is 14.5. The molecular formula is C30H27Cl2F3INO3. The van der Waals surface area contributed by atoms with Gasteiger partial charge in [-0.1, -0.05) is 47.5 Å². The fourth-order valence-corrected chi connectivity index (χ4v) is 4.56. The van der Waals surface area contributed by atoms with Crippen LogP contribution in [0.4, 0.5) is 13.2 Å². The van der Waals surface area contributed by atoms with Crippen molar-refractivity contribution in [3.8, 4) is 5.75 Å². The van der Waals surface area contributed by atoms with Crippen molar-refractivity contribution in [2.24, 2.45) is 0 Å². The van der Waals surface area contributed by atoms with E-state index >= 15 is 0 Å². The molecule has 4 rings (SSSR count). The lowest BCUT2D eigenvalue weighted by atomic mass is 10.1. The van der Waals surface area contributed by atoms with Crippen LogP contribution >= 0.6 is 45.8 Å². The number of carbonyl (C=O) groups excluding carboxylic acids is 1. The average Bonchev–Trinajstić information content (AvgIpc) is 3.33. The molecule has 4 aromatic rings. The van der Waals surface area contributed by atoms with Gasteiger partial charge in [-0.3, -0.25) is 0 Å². The summed E-state index contributed by atoms with van der Waals surface area (Å²) in [5.74, 6) is -0.466. The summed E-state index contributed by atoms with van der Waals surface area (Å²) in [5.41, 5.74) is 0.739. The van der Waals surface area contributed by atoms with Crippen molar-refractivity contribution in [1.82, 2.24) is 4.98 Å². The van der Waals surface area contributed by atoms with Gasteiger partial charge in [-0.05, 0) is 104 Å². The molecule has 0 spiro atoms. The van der Waals surface area contributed by atoms with Crippen LogP contribution < -0.4 is 4.74 Å². The number of rotatable bonds is 5. The van der Waals surface area contributed by atoms with Crippen LogP contribution in [0.1, 0.15) is 47.8 Å². The summed E-state index contributed by atoms with van der Waals surface area (Å²) < 4.78 is 50.6. The van der Waals surface area contributed by atoms with Crippen LogP contribution in [0.25, 0.3) is 17.0 Å². The zero-order chi connectivity index (χ0) is 29.7. The van der Waals surface area contributed by atoms with Gasteiger partial charge < -0.3 is 14.5 Å². The van der Waals surface area contributed by atoms with E-state index in [0.29, 0.717) is 19.7 Å². The number of aromatic amines is 1. The molecule has 0 aliphatic rings. The quantitative estimate of drug-likeness (QED) is 0.166. The third kappa shape index (κ3) is 8.65. The molecule has 0 unspecified atom stereocenters. The molecule has 3 aromatic carbocycles. The van der Waals surface area contributed by atoms with Crippen molar-refractivity contribution in [1.29, 1.82) is 0 Å². The second kappa shape index (κ2) is 13.3. The van der Waals surface area contributed by atoms with Crippen molar-refractivity contribution in [3.63, 3.8) is 0 Å². The number of carbonyl (C=O) groups is 1. The number of ether oxygens (including phenoxy) is 2. The van der Waals surface area contributed by atoms with E-state index in [4.69, 9.17) is 32.7 Å². The number of aryl methyl sites for hydroxylation is 1. The lowest BCUT2D eigenvalue weighted by Crippen LogP contribution is -2.24. The van der Waals surface area contributed by atoms with Crippen molar-refractivity contribution in [3.05, 3.63) is 103 Å². The van der Waals surface area contributed by atoms with Gasteiger partial charge in [0.1, 0.15) is 18.0 Å². The molecule has 0 aliphatic heterocycles. The first-order valence-electron chi connectivity index (χ1n) is 12.1. The van der Waals surface area contributed by atoms with Crippen LogP contribution in [0.15, 0.2) is 66.9 Å². The third-order valence-corrected chi connectivity index (χ3v) is 7.50. The van der Waals surface area contributed by atoms with Crippen LogP contribution in [0.5, 0.6) is 5.75 Å². The number of hydrogen-bond acceptors (Lipinski definition) is 3. The minimum Gasteiger partial charge on any atom is -0.488 e. The Balaban J connectivity index is 0.000000407. The second-order valence-corrected chi connectivity index (χ2v) is 11.6. The summed E-state index contributed by atoms with van der Waals surface area (Å²) in [5, 5.41) is 1.69. The van der Waals surface area contributed by atoms with Gasteiger partial charge >= 0.3 is 12.1 Å². The molecule has 0 saturated carbocycles. The maximum absolute atomic E-state index is 13.0. The SMILES string of the molecule is Cc1cc(C(F)(F)F)cc(OCC=Cc2c(Cl)ccc(C(=O)OC(C)(C)C)c2Cl)c1I.c1ccc2[nH]ccc2c1. The van der Waals surface area contributed by atoms with E-state index in [1.807, 2.05) is 40.9 Å². The molecule has 0 bridgehead atoms. The minimum absolute atomic E-state index is 0.0277. The molecule has 0 aliphatic carbocycles. The molecule has 4 nitrogen and oxygen atoms in total. The van der Waals surface area contributed by atoms with E-state index in [1.165, 1.54) is 23.0 Å². The molecule has 0 atom stereocenters. The fourth-order valence-electron chi connectivity index (χ4n) is 3.52. The highest BCUT2D eigenvalue weighted by Crippen LogP contribution is 2.36. The Morgan fingerprint density at radius 2 is 1.75 bits per heavy atom. The minimum atomic E-state index is -4.47. The predicted octanol–water partition coefficient (Wildman–Crippen LogP) is 10.1. The molecule has 0 amide bonds. The van der Waals surface area contributed by atoms with Gasteiger partial charge in [0.2, 0.25) is 0 Å². The Kier molecular flexibility index (Phi) is 10.6.